The minimum Gasteiger partial charge on any atom is -0.376 e. The fourth-order valence-corrected chi connectivity index (χ4v) is 15.5. The van der Waals surface area contributed by atoms with E-state index in [4.69, 9.17) is 0 Å². The van der Waals surface area contributed by atoms with Crippen molar-refractivity contribution in [2.24, 2.45) is 0 Å². The number of nitrogens with zero attached hydrogens (tertiary/aromatic N) is 3. The van der Waals surface area contributed by atoms with E-state index in [-0.39, 0.29) is 28.5 Å². The Hall–Kier alpha value is -8.12. The maximum absolute atomic E-state index is 2.78. The number of hydrogen-bond acceptors (Lipinski definition) is 4. The maximum atomic E-state index is 2.78. The van der Waals surface area contributed by atoms with E-state index in [2.05, 4.69) is 289 Å². The molecule has 0 fully saturated rings. The van der Waals surface area contributed by atoms with Gasteiger partial charge in [-0.1, -0.05) is 202 Å². The topological polar surface area (TPSA) is 9.72 Å². The second-order valence-electron chi connectivity index (χ2n) is 26.0. The second-order valence-corrected chi connectivity index (χ2v) is 27.0. The van der Waals surface area contributed by atoms with Crippen LogP contribution in [0.15, 0.2) is 212 Å². The quantitative estimate of drug-likeness (QED) is 0.154. The van der Waals surface area contributed by atoms with Crippen molar-refractivity contribution >= 4 is 94.8 Å². The highest BCUT2D eigenvalue weighted by molar-refractivity contribution is 7.26. The smallest absolute Gasteiger partial charge is 0.333 e. The molecule has 10 aromatic carbocycles. The predicted octanol–water partition coefficient (Wildman–Crippen LogP) is 19.9. The first-order chi connectivity index (χ1) is 38.5. The summed E-state index contributed by atoms with van der Waals surface area (Å²) in [4.78, 5) is 7.94. The van der Waals surface area contributed by atoms with Gasteiger partial charge in [-0.3, -0.25) is 0 Å². The van der Waals surface area contributed by atoms with E-state index in [1.165, 1.54) is 127 Å². The Morgan fingerprint density at radius 1 is 0.463 bits per heavy atom. The Morgan fingerprint density at radius 3 is 1.69 bits per heavy atom. The molecule has 0 unspecified atom stereocenters. The molecule has 0 atom stereocenters. The molecule has 3 nitrogen and oxygen atoms in total. The van der Waals surface area contributed by atoms with Gasteiger partial charge < -0.3 is 14.6 Å². The molecule has 4 heterocycles. The van der Waals surface area contributed by atoms with Crippen LogP contribution in [-0.2, 0) is 21.7 Å². The van der Waals surface area contributed by atoms with Gasteiger partial charge in [0.25, 0.3) is 0 Å². The molecule has 11 aromatic rings. The van der Waals surface area contributed by atoms with Crippen LogP contribution in [0.5, 0.6) is 0 Å². The van der Waals surface area contributed by atoms with Crippen LogP contribution >= 0.6 is 11.3 Å². The molecule has 4 aliphatic rings. The summed E-state index contributed by atoms with van der Waals surface area (Å²) in [7, 11) is 0. The van der Waals surface area contributed by atoms with Gasteiger partial charge in [-0.05, 0) is 168 Å². The number of benzene rings is 10. The first kappa shape index (κ1) is 49.0. The van der Waals surface area contributed by atoms with Crippen LogP contribution in [0.3, 0.4) is 0 Å². The first-order valence-corrected chi connectivity index (χ1v) is 29.6. The van der Waals surface area contributed by atoms with Gasteiger partial charge in [-0.15, -0.1) is 11.3 Å². The summed E-state index contributed by atoms with van der Waals surface area (Å²) in [5.41, 5.74) is 26.7. The Kier molecular flexibility index (Phi) is 10.7. The lowest BCUT2D eigenvalue weighted by molar-refractivity contribution is 0.331. The van der Waals surface area contributed by atoms with Crippen LogP contribution < -0.4 is 25.5 Å². The number of anilines is 8. The minimum absolute atomic E-state index is 0.0194. The molecule has 0 spiro atoms. The summed E-state index contributed by atoms with van der Waals surface area (Å²) in [6, 6.07) is 80.9. The zero-order valence-electron chi connectivity index (χ0n) is 47.4. The van der Waals surface area contributed by atoms with Crippen molar-refractivity contribution in [2.75, 3.05) is 14.6 Å². The van der Waals surface area contributed by atoms with Crippen LogP contribution in [0.25, 0.3) is 53.6 Å². The van der Waals surface area contributed by atoms with Crippen molar-refractivity contribution < 1.29 is 0 Å². The lowest BCUT2D eigenvalue weighted by atomic mass is 9.42. The molecule has 0 N–H and O–H groups in total. The molecule has 15 rings (SSSR count). The van der Waals surface area contributed by atoms with Crippen molar-refractivity contribution in [3.8, 4) is 33.4 Å². The molecule has 80 heavy (non-hydrogen) atoms. The molecule has 3 aliphatic heterocycles. The highest BCUT2D eigenvalue weighted by Crippen LogP contribution is 2.60. The first-order valence-electron chi connectivity index (χ1n) is 28.8. The lowest BCUT2D eigenvalue weighted by Crippen LogP contribution is -2.62. The SMILES string of the molecule is CC(C)(C)c1ccc(N(c2ccc(-c3ccccc3)cc2)c2ccc3c(c2)-c2cc4c(sc5ccccc54)c4c2B(c2cccc5c2N4c2cc4c(cc2C5(C)C)C(C)(C)CCC4(C)C)N3c2ccc(-c3ccccc3)cc2)cc1. The van der Waals surface area contributed by atoms with E-state index < -0.39 is 0 Å². The zero-order valence-corrected chi connectivity index (χ0v) is 48.3. The molecule has 0 saturated carbocycles. The van der Waals surface area contributed by atoms with Gasteiger partial charge in [0.15, 0.2) is 0 Å². The second kappa shape index (κ2) is 17.4. The molecule has 5 heteroatoms. The van der Waals surface area contributed by atoms with Gasteiger partial charge >= 0.3 is 6.85 Å². The number of thiophene rings is 1. The zero-order chi connectivity index (χ0) is 54.6. The normalized spacial score (nSPS) is 15.9. The van der Waals surface area contributed by atoms with Crippen molar-refractivity contribution in [1.82, 2.24) is 0 Å². The summed E-state index contributed by atoms with van der Waals surface area (Å²) in [5, 5.41) is 2.62. The van der Waals surface area contributed by atoms with Gasteiger partial charge in [0.1, 0.15) is 0 Å². The van der Waals surface area contributed by atoms with Crippen molar-refractivity contribution in [2.45, 2.75) is 96.8 Å². The number of fused-ring (bicyclic) bond motifs is 11. The molecular formula is C75H66BN3S. The van der Waals surface area contributed by atoms with Crippen LogP contribution in [0.1, 0.15) is 103 Å². The third-order valence-electron chi connectivity index (χ3n) is 18.8. The number of para-hydroxylation sites is 1. The summed E-state index contributed by atoms with van der Waals surface area (Å²) in [6.45, 7) is 21.7. The fourth-order valence-electron chi connectivity index (χ4n) is 14.3. The van der Waals surface area contributed by atoms with Crippen LogP contribution in [-0.4, -0.2) is 6.85 Å². The fraction of sp³-hybridized carbons (Fsp3) is 0.200. The Labute approximate surface area is 476 Å². The maximum Gasteiger partial charge on any atom is 0.333 e. The number of hydrogen-bond donors (Lipinski definition) is 0. The molecule has 0 radical (unpaired) electrons. The van der Waals surface area contributed by atoms with E-state index in [1.54, 1.807) is 0 Å². The van der Waals surface area contributed by atoms with E-state index in [0.717, 1.165) is 23.5 Å². The van der Waals surface area contributed by atoms with Crippen LogP contribution in [0, 0.1) is 0 Å². The van der Waals surface area contributed by atoms with Gasteiger partial charge in [-0.2, -0.15) is 0 Å². The molecule has 1 aliphatic carbocycles. The van der Waals surface area contributed by atoms with Crippen LogP contribution in [0.4, 0.5) is 45.5 Å². The van der Waals surface area contributed by atoms with Gasteiger partial charge in [0.05, 0.1) is 16.1 Å². The number of rotatable bonds is 6. The molecule has 0 amide bonds. The van der Waals surface area contributed by atoms with Crippen molar-refractivity contribution in [3.63, 3.8) is 0 Å². The summed E-state index contributed by atoms with van der Waals surface area (Å²) in [5.74, 6) is 0. The highest BCUT2D eigenvalue weighted by Gasteiger charge is 2.52. The lowest BCUT2D eigenvalue weighted by Gasteiger charge is -2.52. The molecule has 0 saturated heterocycles. The minimum atomic E-state index is -0.268. The van der Waals surface area contributed by atoms with Crippen molar-refractivity contribution in [1.29, 1.82) is 0 Å². The molecule has 390 valence electrons. The largest absolute Gasteiger partial charge is 0.376 e. The van der Waals surface area contributed by atoms with Crippen LogP contribution in [0.2, 0.25) is 0 Å². The summed E-state index contributed by atoms with van der Waals surface area (Å²) in [6.07, 6.45) is 2.33. The van der Waals surface area contributed by atoms with E-state index in [1.807, 2.05) is 11.3 Å². The van der Waals surface area contributed by atoms with E-state index >= 15 is 0 Å². The standard InChI is InChI=1S/C75H66BN3S/c1-72(2,3)51-31-37-53(38-32-51)77(52-33-27-49(28-34-52)47-19-12-10-13-20-47)55-39-40-65-57(43-55)58-44-59-56-23-16-17-26-67(56)80-71(59)70-68(58)76(79(65)54-35-29-50(30-36-54)48-21-14-11-15-22-48)64-25-18-24-60-69(64)78(70)66-46-62-61(45-63(66)75(60,8)9)73(4,5)41-42-74(62,6)7/h10-40,43-46H,41-42H2,1-9H3. The van der Waals surface area contributed by atoms with Crippen molar-refractivity contribution in [3.05, 3.63) is 240 Å². The Morgan fingerprint density at radius 2 is 1.04 bits per heavy atom. The average molecular weight is 1050 g/mol. The predicted molar refractivity (Wildman–Crippen MR) is 345 cm³/mol. The van der Waals surface area contributed by atoms with Gasteiger partial charge in [0, 0.05) is 60.6 Å². The summed E-state index contributed by atoms with van der Waals surface area (Å²) < 4.78 is 2.66. The van der Waals surface area contributed by atoms with Gasteiger partial charge in [-0.25, -0.2) is 0 Å². The average Bonchev–Trinajstić information content (AvgIpc) is 1.69. The van der Waals surface area contributed by atoms with E-state index in [9.17, 15) is 0 Å². The molecule has 0 bridgehead atoms. The summed E-state index contributed by atoms with van der Waals surface area (Å²) >= 11 is 1.96. The molecular weight excluding hydrogens is 986 g/mol. The highest BCUT2D eigenvalue weighted by atomic mass is 32.1. The third-order valence-corrected chi connectivity index (χ3v) is 20.0. The van der Waals surface area contributed by atoms with E-state index in [0.29, 0.717) is 0 Å². The Bertz CT molecular complexity index is 4300. The Balaban J connectivity index is 1.03. The third kappa shape index (κ3) is 7.32. The molecule has 1 aromatic heterocycles. The van der Waals surface area contributed by atoms with Gasteiger partial charge in [0.2, 0.25) is 0 Å². The monoisotopic (exact) mass is 1050 g/mol.